The molecule has 0 bridgehead atoms. The fourth-order valence-electron chi connectivity index (χ4n) is 4.48. The van der Waals surface area contributed by atoms with Gasteiger partial charge in [0.2, 0.25) is 11.8 Å². The van der Waals surface area contributed by atoms with Crippen molar-refractivity contribution in [2.75, 3.05) is 17.3 Å². The molecule has 1 N–H and O–H groups in total. The Labute approximate surface area is 195 Å². The number of nitrogens with zero attached hydrogens (tertiary/aromatic N) is 3. The van der Waals surface area contributed by atoms with E-state index in [2.05, 4.69) is 15.5 Å². The summed E-state index contributed by atoms with van der Waals surface area (Å²) in [6.45, 7) is 7.85. The molecule has 4 aromatic rings. The lowest BCUT2D eigenvalue weighted by Gasteiger charge is -2.16. The topological polar surface area (TPSA) is 88.3 Å². The van der Waals surface area contributed by atoms with E-state index in [9.17, 15) is 9.59 Å². The van der Waals surface area contributed by atoms with Gasteiger partial charge >= 0.3 is 0 Å². The Morgan fingerprint density at radius 2 is 2.00 bits per heavy atom. The number of thiazole rings is 1. The number of hydrogen-bond donors (Lipinski definition) is 1. The summed E-state index contributed by atoms with van der Waals surface area (Å²) in [6, 6.07) is 9.94. The number of anilines is 2. The summed E-state index contributed by atoms with van der Waals surface area (Å²) < 4.78 is 5.45. The molecule has 1 aliphatic rings. The molecule has 0 saturated heterocycles. The Morgan fingerprint density at radius 1 is 1.21 bits per heavy atom. The maximum Gasteiger partial charge on any atom is 0.236 e. The maximum absolute atomic E-state index is 12.7. The summed E-state index contributed by atoms with van der Waals surface area (Å²) in [7, 11) is 1.80. The minimum Gasteiger partial charge on any atom is -0.356 e. The lowest BCUT2D eigenvalue weighted by Crippen LogP contribution is -2.33. The number of carbonyl (C=O) groups is 2. The summed E-state index contributed by atoms with van der Waals surface area (Å²) in [5.74, 6) is -0.126. The van der Waals surface area contributed by atoms with Crippen LogP contribution in [-0.4, -0.2) is 29.0 Å². The van der Waals surface area contributed by atoms with E-state index < -0.39 is 5.41 Å². The van der Waals surface area contributed by atoms with Gasteiger partial charge in [0.05, 0.1) is 17.5 Å². The third-order valence-electron chi connectivity index (χ3n) is 6.22. The highest BCUT2D eigenvalue weighted by molar-refractivity contribution is 7.14. The summed E-state index contributed by atoms with van der Waals surface area (Å²) in [6.07, 6.45) is 0.103. The molecule has 0 fully saturated rings. The van der Waals surface area contributed by atoms with Crippen LogP contribution in [0.15, 0.2) is 40.2 Å². The van der Waals surface area contributed by atoms with Gasteiger partial charge in [-0.15, -0.1) is 11.3 Å². The van der Waals surface area contributed by atoms with Crippen molar-refractivity contribution in [1.29, 1.82) is 0 Å². The molecule has 0 spiro atoms. The van der Waals surface area contributed by atoms with Gasteiger partial charge in [-0.1, -0.05) is 17.3 Å². The summed E-state index contributed by atoms with van der Waals surface area (Å²) in [5, 5.41) is 10.3. The van der Waals surface area contributed by atoms with Gasteiger partial charge < -0.3 is 14.7 Å². The molecule has 2 aromatic heterocycles. The highest BCUT2D eigenvalue weighted by Crippen LogP contribution is 2.42. The van der Waals surface area contributed by atoms with E-state index in [1.807, 2.05) is 63.4 Å². The van der Waals surface area contributed by atoms with Gasteiger partial charge in [-0.05, 0) is 62.6 Å². The van der Waals surface area contributed by atoms with Crippen LogP contribution in [0.3, 0.4) is 0 Å². The molecule has 8 heteroatoms. The second-order valence-corrected chi connectivity index (χ2v) is 9.93. The molecule has 5 rings (SSSR count). The number of aromatic nitrogens is 2. The van der Waals surface area contributed by atoms with Crippen molar-refractivity contribution in [3.05, 3.63) is 58.1 Å². The largest absolute Gasteiger partial charge is 0.356 e. The van der Waals surface area contributed by atoms with Crippen LogP contribution in [0.25, 0.3) is 22.2 Å². The number of hydrogen-bond acceptors (Lipinski definition) is 6. The Bertz CT molecular complexity index is 1430. The average molecular weight is 461 g/mol. The van der Waals surface area contributed by atoms with Crippen molar-refractivity contribution < 1.29 is 14.1 Å². The molecule has 0 unspecified atom stereocenters. The van der Waals surface area contributed by atoms with Crippen LogP contribution in [-0.2, 0) is 21.4 Å². The van der Waals surface area contributed by atoms with Crippen LogP contribution in [0.1, 0.15) is 36.2 Å². The lowest BCUT2D eigenvalue weighted by molar-refractivity contribution is -0.121. The zero-order valence-electron chi connectivity index (χ0n) is 19.1. The number of carbonyl (C=O) groups excluding carboxylic acids is 2. The Hall–Kier alpha value is -3.52. The standard InChI is InChI=1S/C25H24N4O3S/c1-13-8-14(2)22-16(9-13)18(28-32-22)11-21(30)27-24-26-19(12-33-24)15-6-7-20-17(10-15)25(3,4)23(31)29(20)5/h6-10,12H,11H2,1-5H3,(H,26,27,30). The average Bonchev–Trinajstić information content (AvgIpc) is 3.43. The molecule has 0 saturated carbocycles. The van der Waals surface area contributed by atoms with E-state index in [0.29, 0.717) is 16.4 Å². The van der Waals surface area contributed by atoms with Crippen LogP contribution >= 0.6 is 11.3 Å². The smallest absolute Gasteiger partial charge is 0.236 e. The predicted octanol–water partition coefficient (Wildman–Crippen LogP) is 5.00. The third kappa shape index (κ3) is 3.51. The van der Waals surface area contributed by atoms with Gasteiger partial charge in [-0.25, -0.2) is 4.98 Å². The van der Waals surface area contributed by atoms with Crippen LogP contribution in [0, 0.1) is 13.8 Å². The molecular weight excluding hydrogens is 436 g/mol. The van der Waals surface area contributed by atoms with Crippen LogP contribution in [0.2, 0.25) is 0 Å². The number of aryl methyl sites for hydroxylation is 2. The second-order valence-electron chi connectivity index (χ2n) is 9.07. The van der Waals surface area contributed by atoms with Crippen molar-refractivity contribution in [1.82, 2.24) is 10.1 Å². The molecular formula is C25H24N4O3S. The zero-order valence-corrected chi connectivity index (χ0v) is 20.0. The normalized spacial score (nSPS) is 14.7. The van der Waals surface area contributed by atoms with E-state index in [1.165, 1.54) is 11.3 Å². The number of nitrogens with one attached hydrogen (secondary N) is 1. The Morgan fingerprint density at radius 3 is 2.79 bits per heavy atom. The summed E-state index contributed by atoms with van der Waals surface area (Å²) in [4.78, 5) is 31.5. The van der Waals surface area contributed by atoms with Crippen LogP contribution in [0.5, 0.6) is 0 Å². The monoisotopic (exact) mass is 460 g/mol. The number of rotatable bonds is 4. The molecule has 2 amide bonds. The summed E-state index contributed by atoms with van der Waals surface area (Å²) in [5.41, 5.74) is 6.41. The van der Waals surface area contributed by atoms with E-state index >= 15 is 0 Å². The van der Waals surface area contributed by atoms with E-state index in [4.69, 9.17) is 4.52 Å². The van der Waals surface area contributed by atoms with Crippen LogP contribution < -0.4 is 10.2 Å². The number of likely N-dealkylation sites (N-methyl/N-ethyl adjacent to an activating group) is 1. The van der Waals surface area contributed by atoms with Gasteiger partial charge in [0.15, 0.2) is 10.7 Å². The molecule has 33 heavy (non-hydrogen) atoms. The minimum atomic E-state index is -0.579. The number of benzene rings is 2. The minimum absolute atomic E-state index is 0.0756. The van der Waals surface area contributed by atoms with Gasteiger partial charge in [-0.3, -0.25) is 9.59 Å². The second kappa shape index (κ2) is 7.52. The van der Waals surface area contributed by atoms with Crippen molar-refractivity contribution in [3.63, 3.8) is 0 Å². The molecule has 168 valence electrons. The fourth-order valence-corrected chi connectivity index (χ4v) is 5.21. The van der Waals surface area contributed by atoms with E-state index in [0.717, 1.165) is 39.0 Å². The highest BCUT2D eigenvalue weighted by Gasteiger charge is 2.42. The summed E-state index contributed by atoms with van der Waals surface area (Å²) >= 11 is 1.36. The van der Waals surface area contributed by atoms with Crippen molar-refractivity contribution in [2.45, 2.75) is 39.5 Å². The van der Waals surface area contributed by atoms with Crippen molar-refractivity contribution in [3.8, 4) is 11.3 Å². The lowest BCUT2D eigenvalue weighted by atomic mass is 9.85. The number of amides is 2. The first kappa shape index (κ1) is 21.3. The molecule has 3 heterocycles. The van der Waals surface area contributed by atoms with E-state index in [1.54, 1.807) is 11.9 Å². The fraction of sp³-hybridized carbons (Fsp3) is 0.280. The molecule has 0 atom stereocenters. The quantitative estimate of drug-likeness (QED) is 0.463. The van der Waals surface area contributed by atoms with Crippen LogP contribution in [0.4, 0.5) is 10.8 Å². The van der Waals surface area contributed by atoms with Crippen molar-refractivity contribution in [2.24, 2.45) is 0 Å². The molecule has 1 aliphatic heterocycles. The molecule has 0 aliphatic carbocycles. The maximum atomic E-state index is 12.7. The Balaban J connectivity index is 1.35. The molecule has 2 aromatic carbocycles. The predicted molar refractivity (Wildman–Crippen MR) is 130 cm³/mol. The van der Waals surface area contributed by atoms with Gasteiger partial charge in [0.1, 0.15) is 5.69 Å². The van der Waals surface area contributed by atoms with Gasteiger partial charge in [-0.2, -0.15) is 0 Å². The van der Waals surface area contributed by atoms with Crippen molar-refractivity contribution >= 4 is 44.9 Å². The molecule has 0 radical (unpaired) electrons. The zero-order chi connectivity index (χ0) is 23.5. The highest BCUT2D eigenvalue weighted by atomic mass is 32.1. The third-order valence-corrected chi connectivity index (χ3v) is 6.98. The van der Waals surface area contributed by atoms with E-state index in [-0.39, 0.29) is 18.2 Å². The Kier molecular flexibility index (Phi) is 4.86. The number of fused-ring (bicyclic) bond motifs is 2. The first-order chi connectivity index (χ1) is 15.6. The molecule has 7 nitrogen and oxygen atoms in total. The van der Waals surface area contributed by atoms with Gasteiger partial charge in [0, 0.05) is 29.1 Å². The van der Waals surface area contributed by atoms with Gasteiger partial charge in [0.25, 0.3) is 0 Å². The first-order valence-electron chi connectivity index (χ1n) is 10.7. The SMILES string of the molecule is Cc1cc(C)c2onc(CC(=O)Nc3nc(-c4ccc5c(c4)C(C)(C)C(=O)N5C)cs3)c2c1. The first-order valence-corrected chi connectivity index (χ1v) is 11.6.